The molecule has 1 aromatic carbocycles. The van der Waals surface area contributed by atoms with Crippen LogP contribution in [0.1, 0.15) is 10.4 Å². The molecule has 0 aliphatic rings. The van der Waals surface area contributed by atoms with Crippen molar-refractivity contribution in [3.05, 3.63) is 23.8 Å². The van der Waals surface area contributed by atoms with Crippen LogP contribution in [-0.2, 0) is 0 Å². The predicted octanol–water partition coefficient (Wildman–Crippen LogP) is 2.86. The van der Waals surface area contributed by atoms with Gasteiger partial charge in [-0.3, -0.25) is 0 Å². The molecule has 0 heterocycles. The molecule has 0 aliphatic heterocycles. The second-order valence-corrected chi connectivity index (χ2v) is 3.29. The lowest BCUT2D eigenvalue weighted by Crippen LogP contribution is -2.03. The van der Waals surface area contributed by atoms with Crippen molar-refractivity contribution in [3.63, 3.8) is 0 Å². The molecule has 0 radical (unpaired) electrons. The van der Waals surface area contributed by atoms with Gasteiger partial charge in [-0.15, -0.1) is 0 Å². The highest BCUT2D eigenvalue weighted by atomic mass is 35.5. The zero-order chi connectivity index (χ0) is 13.0. The molecule has 0 saturated heterocycles. The van der Waals surface area contributed by atoms with Gasteiger partial charge in [-0.2, -0.15) is 0 Å². The summed E-state index contributed by atoms with van der Waals surface area (Å²) in [6, 6.07) is 3.16. The maximum absolute atomic E-state index is 10.7. The summed E-state index contributed by atoms with van der Waals surface area (Å²) in [7, 11) is 0. The van der Waals surface area contributed by atoms with Crippen LogP contribution in [-0.4, -0.2) is 21.9 Å². The first-order chi connectivity index (χ1) is 7.88. The average molecular weight is 279 g/mol. The van der Waals surface area contributed by atoms with Gasteiger partial charge in [-0.1, -0.05) is 0 Å². The molecular formula is C9H4Cl2O6. The Morgan fingerprint density at radius 1 is 0.941 bits per heavy atom. The average Bonchev–Trinajstić information content (AvgIpc) is 2.14. The fourth-order valence-corrected chi connectivity index (χ4v) is 1.18. The lowest BCUT2D eigenvalue weighted by molar-refractivity contribution is 0.0695. The first kappa shape index (κ1) is 13.3. The molecular weight excluding hydrogens is 275 g/mol. The number of hydrogen-bond acceptors (Lipinski definition) is 5. The summed E-state index contributed by atoms with van der Waals surface area (Å²) in [5.41, 5.74) is -2.57. The summed E-state index contributed by atoms with van der Waals surface area (Å²) in [6.07, 6.45) is 0. The molecule has 0 fully saturated rings. The van der Waals surface area contributed by atoms with E-state index in [9.17, 15) is 14.4 Å². The number of rotatable bonds is 3. The number of hydrogen-bond donors (Lipinski definition) is 1. The Kier molecular flexibility index (Phi) is 4.30. The first-order valence-electron chi connectivity index (χ1n) is 4.01. The number of ether oxygens (including phenoxy) is 2. The summed E-state index contributed by atoms with van der Waals surface area (Å²) < 4.78 is 8.91. The van der Waals surface area contributed by atoms with E-state index in [1.165, 1.54) is 0 Å². The van der Waals surface area contributed by atoms with Crippen LogP contribution in [0, 0.1) is 0 Å². The highest BCUT2D eigenvalue weighted by molar-refractivity contribution is 6.61. The monoisotopic (exact) mass is 278 g/mol. The summed E-state index contributed by atoms with van der Waals surface area (Å²) in [5, 5.41) is 8.76. The molecule has 0 aliphatic carbocycles. The number of benzene rings is 1. The molecule has 0 bridgehead atoms. The molecule has 1 aromatic rings. The third-order valence-corrected chi connectivity index (χ3v) is 1.68. The van der Waals surface area contributed by atoms with Crippen LogP contribution in [0.3, 0.4) is 0 Å². The second-order valence-electron chi connectivity index (χ2n) is 2.68. The molecule has 0 atom stereocenters. The minimum absolute atomic E-state index is 0.183. The fourth-order valence-electron chi connectivity index (χ4n) is 0.998. The van der Waals surface area contributed by atoms with Crippen molar-refractivity contribution >= 4 is 40.0 Å². The molecule has 1 rings (SSSR count). The Balaban J connectivity index is 3.13. The van der Waals surface area contributed by atoms with Gasteiger partial charge in [0.1, 0.15) is 11.5 Å². The zero-order valence-corrected chi connectivity index (χ0v) is 9.49. The van der Waals surface area contributed by atoms with Gasteiger partial charge < -0.3 is 14.6 Å². The van der Waals surface area contributed by atoms with Gasteiger partial charge in [0.25, 0.3) is 0 Å². The SMILES string of the molecule is O=C(Cl)Oc1cc(OC(=O)Cl)cc(C(=O)O)c1. The Morgan fingerprint density at radius 2 is 1.35 bits per heavy atom. The van der Waals surface area contributed by atoms with Gasteiger partial charge >= 0.3 is 16.8 Å². The molecule has 8 heteroatoms. The van der Waals surface area contributed by atoms with Crippen molar-refractivity contribution < 1.29 is 29.0 Å². The number of carbonyl (C=O) groups excluding carboxylic acids is 2. The third-order valence-electron chi connectivity index (χ3n) is 1.52. The Labute approximate surface area is 105 Å². The number of halogens is 2. The van der Waals surface area contributed by atoms with Crippen LogP contribution in [0.15, 0.2) is 18.2 Å². The van der Waals surface area contributed by atoms with E-state index >= 15 is 0 Å². The van der Waals surface area contributed by atoms with E-state index in [1.54, 1.807) is 0 Å². The standard InChI is InChI=1S/C9H4Cl2O6/c10-8(14)16-5-1-4(7(12)13)2-6(3-5)17-9(11)15/h1-3H,(H,12,13). The first-order valence-corrected chi connectivity index (χ1v) is 4.77. The topological polar surface area (TPSA) is 89.9 Å². The highest BCUT2D eigenvalue weighted by Gasteiger charge is 2.12. The summed E-state index contributed by atoms with van der Waals surface area (Å²) in [4.78, 5) is 31.7. The molecule has 0 spiro atoms. The summed E-state index contributed by atoms with van der Waals surface area (Å²) >= 11 is 9.92. The Morgan fingerprint density at radius 3 is 1.65 bits per heavy atom. The fraction of sp³-hybridized carbons (Fsp3) is 0. The molecule has 17 heavy (non-hydrogen) atoms. The van der Waals surface area contributed by atoms with Gasteiger partial charge in [0.2, 0.25) is 0 Å². The van der Waals surface area contributed by atoms with Gasteiger partial charge in [0.05, 0.1) is 5.56 Å². The van der Waals surface area contributed by atoms with Crippen molar-refractivity contribution in [1.29, 1.82) is 0 Å². The smallest absolute Gasteiger partial charge is 0.409 e. The van der Waals surface area contributed by atoms with Crippen molar-refractivity contribution in [1.82, 2.24) is 0 Å². The van der Waals surface area contributed by atoms with Crippen molar-refractivity contribution in [2.45, 2.75) is 0 Å². The molecule has 0 unspecified atom stereocenters. The van der Waals surface area contributed by atoms with Crippen LogP contribution in [0.4, 0.5) is 9.59 Å². The van der Waals surface area contributed by atoms with Gasteiger partial charge in [-0.05, 0) is 12.1 Å². The van der Waals surface area contributed by atoms with Crippen molar-refractivity contribution in [2.24, 2.45) is 0 Å². The maximum atomic E-state index is 10.7. The van der Waals surface area contributed by atoms with Crippen molar-refractivity contribution in [3.8, 4) is 11.5 Å². The lowest BCUT2D eigenvalue weighted by atomic mass is 10.2. The molecule has 6 nitrogen and oxygen atoms in total. The van der Waals surface area contributed by atoms with Crippen molar-refractivity contribution in [2.75, 3.05) is 0 Å². The third kappa shape index (κ3) is 4.29. The van der Waals surface area contributed by atoms with Crippen LogP contribution >= 0.6 is 23.2 Å². The Hall–Kier alpha value is -1.79. The van der Waals surface area contributed by atoms with Gasteiger partial charge in [0.15, 0.2) is 0 Å². The minimum Gasteiger partial charge on any atom is -0.478 e. The van der Waals surface area contributed by atoms with E-state index in [0.29, 0.717) is 0 Å². The molecule has 1 N–H and O–H groups in total. The lowest BCUT2D eigenvalue weighted by Gasteiger charge is -2.05. The zero-order valence-electron chi connectivity index (χ0n) is 7.98. The highest BCUT2D eigenvalue weighted by Crippen LogP contribution is 2.24. The maximum Gasteiger partial charge on any atom is 0.409 e. The number of carboxylic acid groups (broad SMARTS) is 1. The molecule has 0 amide bonds. The van der Waals surface area contributed by atoms with Crippen LogP contribution < -0.4 is 9.47 Å². The number of carboxylic acids is 1. The quantitative estimate of drug-likeness (QED) is 0.855. The predicted molar refractivity (Wildman–Crippen MR) is 57.2 cm³/mol. The number of carbonyl (C=O) groups is 3. The van der Waals surface area contributed by atoms with E-state index in [1.807, 2.05) is 0 Å². The Bertz CT molecular complexity index is 450. The van der Waals surface area contributed by atoms with E-state index < -0.39 is 16.8 Å². The van der Waals surface area contributed by atoms with Gasteiger partial charge in [0, 0.05) is 29.3 Å². The van der Waals surface area contributed by atoms with Crippen LogP contribution in [0.25, 0.3) is 0 Å². The van der Waals surface area contributed by atoms with E-state index in [2.05, 4.69) is 9.47 Å². The van der Waals surface area contributed by atoms with E-state index in [0.717, 1.165) is 18.2 Å². The molecule has 0 aromatic heterocycles. The normalized spacial score (nSPS) is 9.53. The van der Waals surface area contributed by atoms with E-state index in [-0.39, 0.29) is 17.1 Å². The molecule has 90 valence electrons. The van der Waals surface area contributed by atoms with Crippen LogP contribution in [0.5, 0.6) is 11.5 Å². The summed E-state index contributed by atoms with van der Waals surface area (Å²) in [6.45, 7) is 0. The number of aromatic carboxylic acids is 1. The second kappa shape index (κ2) is 5.51. The van der Waals surface area contributed by atoms with Crippen LogP contribution in [0.2, 0.25) is 0 Å². The largest absolute Gasteiger partial charge is 0.478 e. The molecule has 0 saturated carbocycles. The van der Waals surface area contributed by atoms with E-state index in [4.69, 9.17) is 28.3 Å². The van der Waals surface area contributed by atoms with Gasteiger partial charge in [-0.25, -0.2) is 14.4 Å². The summed E-state index contributed by atoms with van der Waals surface area (Å²) in [5.74, 6) is -1.67. The minimum atomic E-state index is -1.30.